The van der Waals surface area contributed by atoms with Gasteiger partial charge in [0.2, 0.25) is 5.91 Å². The van der Waals surface area contributed by atoms with Crippen LogP contribution in [0.2, 0.25) is 0 Å². The van der Waals surface area contributed by atoms with Crippen LogP contribution in [-0.2, 0) is 11.2 Å². The fourth-order valence-corrected chi connectivity index (χ4v) is 3.69. The van der Waals surface area contributed by atoms with Gasteiger partial charge in [-0.2, -0.15) is 0 Å². The molecule has 1 N–H and O–H groups in total. The average molecular weight is 369 g/mol. The minimum atomic E-state index is 0.120. The van der Waals surface area contributed by atoms with E-state index in [0.717, 1.165) is 42.0 Å². The molecule has 0 fully saturated rings. The van der Waals surface area contributed by atoms with Crippen LogP contribution in [0.1, 0.15) is 30.7 Å². The average Bonchev–Trinajstić information content (AvgIpc) is 3.08. The van der Waals surface area contributed by atoms with Crippen LogP contribution in [0.15, 0.2) is 54.6 Å². The van der Waals surface area contributed by atoms with Crippen LogP contribution < -0.4 is 10.1 Å². The van der Waals surface area contributed by atoms with Crippen LogP contribution in [0.3, 0.4) is 0 Å². The molecule has 1 amide bonds. The molecule has 0 atom stereocenters. The van der Waals surface area contributed by atoms with Gasteiger partial charge in [-0.25, -0.2) is 4.98 Å². The highest BCUT2D eigenvalue weighted by molar-refractivity contribution is 7.18. The minimum absolute atomic E-state index is 0.120. The summed E-state index contributed by atoms with van der Waals surface area (Å²) in [5.74, 6) is 1.02. The Hall–Kier alpha value is -2.40. The lowest BCUT2D eigenvalue weighted by Gasteiger charge is -2.07. The monoisotopic (exact) mass is 368 g/mol. The van der Waals surface area contributed by atoms with Gasteiger partial charge in [-0.15, -0.1) is 11.3 Å². The molecule has 0 aliphatic rings. The van der Waals surface area contributed by atoms with Crippen molar-refractivity contribution in [1.82, 2.24) is 10.3 Å². The number of hydrogen-bond donors (Lipinski definition) is 1. The second-order valence-electron chi connectivity index (χ2n) is 6.15. The van der Waals surface area contributed by atoms with Gasteiger partial charge >= 0.3 is 0 Å². The Labute approximate surface area is 158 Å². The van der Waals surface area contributed by atoms with E-state index in [-0.39, 0.29) is 5.91 Å². The van der Waals surface area contributed by atoms with Crippen molar-refractivity contribution in [2.75, 3.05) is 13.2 Å². The number of unbranched alkanes of at least 4 members (excludes halogenated alkanes) is 1. The lowest BCUT2D eigenvalue weighted by molar-refractivity contribution is -0.121. The van der Waals surface area contributed by atoms with Gasteiger partial charge in [-0.05, 0) is 49.9 Å². The van der Waals surface area contributed by atoms with E-state index in [1.807, 2.05) is 48.5 Å². The Balaban J connectivity index is 1.24. The summed E-state index contributed by atoms with van der Waals surface area (Å²) in [7, 11) is 0. The van der Waals surface area contributed by atoms with Crippen molar-refractivity contribution in [2.24, 2.45) is 0 Å². The van der Waals surface area contributed by atoms with E-state index in [4.69, 9.17) is 4.74 Å². The molecule has 3 rings (SSSR count). The van der Waals surface area contributed by atoms with Gasteiger partial charge < -0.3 is 10.1 Å². The Morgan fingerprint density at radius 3 is 2.65 bits per heavy atom. The van der Waals surface area contributed by atoms with Crippen molar-refractivity contribution < 1.29 is 9.53 Å². The van der Waals surface area contributed by atoms with Crippen molar-refractivity contribution in [3.8, 4) is 5.75 Å². The number of fused-ring (bicyclic) bond motifs is 1. The molecule has 0 bridgehead atoms. The predicted molar refractivity (Wildman–Crippen MR) is 107 cm³/mol. The molecule has 0 aliphatic carbocycles. The summed E-state index contributed by atoms with van der Waals surface area (Å²) in [5, 5.41) is 4.09. The molecular weight excluding hydrogens is 344 g/mol. The molecule has 1 heterocycles. The fraction of sp³-hybridized carbons (Fsp3) is 0.333. The van der Waals surface area contributed by atoms with Crippen molar-refractivity contribution >= 4 is 27.5 Å². The summed E-state index contributed by atoms with van der Waals surface area (Å²) in [4.78, 5) is 16.5. The number of carbonyl (C=O) groups is 1. The van der Waals surface area contributed by atoms with Crippen LogP contribution in [0, 0.1) is 0 Å². The van der Waals surface area contributed by atoms with Gasteiger partial charge in [0, 0.05) is 13.0 Å². The van der Waals surface area contributed by atoms with Gasteiger partial charge in [-0.1, -0.05) is 30.3 Å². The number of thiazole rings is 1. The first-order valence-corrected chi connectivity index (χ1v) is 9.92. The Morgan fingerprint density at radius 1 is 1.00 bits per heavy atom. The molecule has 5 heteroatoms. The highest BCUT2D eigenvalue weighted by Gasteiger charge is 2.05. The summed E-state index contributed by atoms with van der Waals surface area (Å²) >= 11 is 1.72. The van der Waals surface area contributed by atoms with Gasteiger partial charge in [-0.3, -0.25) is 4.79 Å². The zero-order chi connectivity index (χ0) is 18.0. The second kappa shape index (κ2) is 9.92. The lowest BCUT2D eigenvalue weighted by Crippen LogP contribution is -2.24. The quantitative estimate of drug-likeness (QED) is 0.532. The number of benzene rings is 2. The van der Waals surface area contributed by atoms with E-state index in [2.05, 4.69) is 16.4 Å². The van der Waals surface area contributed by atoms with E-state index in [1.54, 1.807) is 11.3 Å². The summed E-state index contributed by atoms with van der Waals surface area (Å²) < 4.78 is 6.85. The Morgan fingerprint density at radius 2 is 1.81 bits per heavy atom. The standard InChI is InChI=1S/C21H24N2O2S/c24-20(22-15-6-7-16-25-17-9-2-1-3-10-17)13-8-14-21-23-18-11-4-5-12-19(18)26-21/h1-5,9-12H,6-8,13-16H2,(H,22,24). The summed E-state index contributed by atoms with van der Waals surface area (Å²) in [6.07, 6.45) is 4.11. The summed E-state index contributed by atoms with van der Waals surface area (Å²) in [6.45, 7) is 1.38. The molecule has 4 nitrogen and oxygen atoms in total. The third-order valence-electron chi connectivity index (χ3n) is 4.04. The maximum Gasteiger partial charge on any atom is 0.220 e. The molecule has 2 aromatic carbocycles. The summed E-state index contributed by atoms with van der Waals surface area (Å²) in [5.41, 5.74) is 1.05. The van der Waals surface area contributed by atoms with Crippen molar-refractivity contribution in [1.29, 1.82) is 0 Å². The van der Waals surface area contributed by atoms with Crippen molar-refractivity contribution in [2.45, 2.75) is 32.1 Å². The van der Waals surface area contributed by atoms with Crippen LogP contribution in [0.4, 0.5) is 0 Å². The predicted octanol–water partition coefficient (Wildman–Crippen LogP) is 4.59. The maximum absolute atomic E-state index is 11.9. The normalized spacial score (nSPS) is 10.8. The number of aromatic nitrogens is 1. The first-order chi connectivity index (χ1) is 12.8. The Bertz CT molecular complexity index is 784. The van der Waals surface area contributed by atoms with Gasteiger partial charge in [0.25, 0.3) is 0 Å². The molecule has 26 heavy (non-hydrogen) atoms. The topological polar surface area (TPSA) is 51.2 Å². The van der Waals surface area contributed by atoms with E-state index in [0.29, 0.717) is 19.6 Å². The van der Waals surface area contributed by atoms with E-state index < -0.39 is 0 Å². The van der Waals surface area contributed by atoms with E-state index in [1.165, 1.54) is 4.70 Å². The number of amides is 1. The number of ether oxygens (including phenoxy) is 1. The molecule has 0 unspecified atom stereocenters. The van der Waals surface area contributed by atoms with E-state index >= 15 is 0 Å². The van der Waals surface area contributed by atoms with Crippen LogP contribution in [0.5, 0.6) is 5.75 Å². The minimum Gasteiger partial charge on any atom is -0.494 e. The molecule has 0 saturated heterocycles. The smallest absolute Gasteiger partial charge is 0.220 e. The zero-order valence-electron chi connectivity index (χ0n) is 14.8. The third-order valence-corrected chi connectivity index (χ3v) is 5.13. The van der Waals surface area contributed by atoms with Crippen molar-refractivity contribution in [3.05, 3.63) is 59.6 Å². The first-order valence-electron chi connectivity index (χ1n) is 9.10. The maximum atomic E-state index is 11.9. The molecule has 136 valence electrons. The zero-order valence-corrected chi connectivity index (χ0v) is 15.6. The number of hydrogen-bond acceptors (Lipinski definition) is 4. The molecule has 0 aliphatic heterocycles. The first kappa shape index (κ1) is 18.4. The number of carbonyl (C=O) groups excluding carboxylic acids is 1. The number of rotatable bonds is 10. The second-order valence-corrected chi connectivity index (χ2v) is 7.26. The van der Waals surface area contributed by atoms with Crippen LogP contribution in [-0.4, -0.2) is 24.0 Å². The SMILES string of the molecule is O=C(CCCc1nc2ccccc2s1)NCCCCOc1ccccc1. The Kier molecular flexibility index (Phi) is 7.02. The lowest BCUT2D eigenvalue weighted by atomic mass is 10.2. The molecular formula is C21H24N2O2S. The van der Waals surface area contributed by atoms with E-state index in [9.17, 15) is 4.79 Å². The number of nitrogens with zero attached hydrogens (tertiary/aromatic N) is 1. The van der Waals surface area contributed by atoms with Crippen LogP contribution in [0.25, 0.3) is 10.2 Å². The summed E-state index contributed by atoms with van der Waals surface area (Å²) in [6, 6.07) is 18.0. The molecule has 0 radical (unpaired) electrons. The highest BCUT2D eigenvalue weighted by Crippen LogP contribution is 2.22. The number of aryl methyl sites for hydroxylation is 1. The number of para-hydroxylation sites is 2. The van der Waals surface area contributed by atoms with Gasteiger partial charge in [0.05, 0.1) is 21.8 Å². The van der Waals surface area contributed by atoms with Gasteiger partial charge in [0.1, 0.15) is 5.75 Å². The van der Waals surface area contributed by atoms with Gasteiger partial charge in [0.15, 0.2) is 0 Å². The van der Waals surface area contributed by atoms with Crippen molar-refractivity contribution in [3.63, 3.8) is 0 Å². The molecule has 0 spiro atoms. The fourth-order valence-electron chi connectivity index (χ4n) is 2.68. The van der Waals surface area contributed by atoms with Crippen LogP contribution >= 0.6 is 11.3 Å². The largest absolute Gasteiger partial charge is 0.494 e. The molecule has 0 saturated carbocycles. The number of nitrogens with one attached hydrogen (secondary N) is 1. The molecule has 1 aromatic heterocycles. The third kappa shape index (κ3) is 5.85. The highest BCUT2D eigenvalue weighted by atomic mass is 32.1. The molecule has 3 aromatic rings.